The highest BCUT2D eigenvalue weighted by Crippen LogP contribution is 2.41. The van der Waals surface area contributed by atoms with Crippen molar-refractivity contribution in [2.24, 2.45) is 0 Å². The average molecular weight is 254 g/mol. The van der Waals surface area contributed by atoms with Crippen molar-refractivity contribution in [2.45, 2.75) is 31.7 Å². The Labute approximate surface area is 113 Å². The summed E-state index contributed by atoms with van der Waals surface area (Å²) in [6.45, 7) is 3.55. The summed E-state index contributed by atoms with van der Waals surface area (Å²) in [5.74, 6) is 0.708. The highest BCUT2D eigenvalue weighted by atomic mass is 15.3. The molecule has 2 aromatic heterocycles. The topological polar surface area (TPSA) is 34.0 Å². The quantitative estimate of drug-likeness (QED) is 0.840. The molecule has 2 aromatic rings. The van der Waals surface area contributed by atoms with Gasteiger partial charge in [0.2, 0.25) is 0 Å². The summed E-state index contributed by atoms with van der Waals surface area (Å²) in [6.07, 6.45) is 9.81. The van der Waals surface area contributed by atoms with E-state index in [1.807, 2.05) is 29.2 Å². The third kappa shape index (κ3) is 2.16. The number of rotatable bonds is 4. The minimum atomic E-state index is 0.708. The molecule has 1 saturated carbocycles. The van der Waals surface area contributed by atoms with Gasteiger partial charge in [-0.05, 0) is 44.5 Å². The molecule has 0 radical (unpaired) electrons. The molecule has 1 saturated heterocycles. The molecule has 0 bridgehead atoms. The van der Waals surface area contributed by atoms with Crippen LogP contribution in [0.25, 0.3) is 5.69 Å². The van der Waals surface area contributed by atoms with Gasteiger partial charge in [-0.2, -0.15) is 5.10 Å². The Hall–Kier alpha value is -1.68. The van der Waals surface area contributed by atoms with Crippen molar-refractivity contribution in [1.82, 2.24) is 19.7 Å². The Morgan fingerprint density at radius 3 is 2.58 bits per heavy atom. The Morgan fingerprint density at radius 2 is 1.95 bits per heavy atom. The summed E-state index contributed by atoms with van der Waals surface area (Å²) >= 11 is 0. The SMILES string of the molecule is c1cc(-n2cc(CN3CCC3)c(C3CC3)n2)ccn1. The molecule has 19 heavy (non-hydrogen) atoms. The fourth-order valence-corrected chi connectivity index (χ4v) is 2.66. The van der Waals surface area contributed by atoms with E-state index in [0.29, 0.717) is 5.92 Å². The fraction of sp³-hybridized carbons (Fsp3) is 0.467. The second-order valence-corrected chi connectivity index (χ2v) is 5.59. The first kappa shape index (κ1) is 11.2. The van der Waals surface area contributed by atoms with Gasteiger partial charge in [0.05, 0.1) is 11.4 Å². The van der Waals surface area contributed by atoms with Gasteiger partial charge in [0, 0.05) is 36.6 Å². The Balaban J connectivity index is 1.66. The van der Waals surface area contributed by atoms with Crippen LogP contribution in [-0.2, 0) is 6.54 Å². The molecule has 2 aliphatic rings. The first-order valence-electron chi connectivity index (χ1n) is 7.11. The molecule has 0 aromatic carbocycles. The second kappa shape index (κ2) is 4.46. The summed E-state index contributed by atoms with van der Waals surface area (Å²) < 4.78 is 2.02. The van der Waals surface area contributed by atoms with Crippen LogP contribution < -0.4 is 0 Å². The van der Waals surface area contributed by atoms with Gasteiger partial charge in [-0.1, -0.05) is 0 Å². The van der Waals surface area contributed by atoms with E-state index in [1.165, 1.54) is 43.6 Å². The minimum absolute atomic E-state index is 0.708. The van der Waals surface area contributed by atoms with E-state index in [9.17, 15) is 0 Å². The molecule has 0 amide bonds. The monoisotopic (exact) mass is 254 g/mol. The summed E-state index contributed by atoms with van der Waals surface area (Å²) in [5.41, 5.74) is 3.84. The third-order valence-electron chi connectivity index (χ3n) is 4.06. The first-order chi connectivity index (χ1) is 9.40. The molecular weight excluding hydrogens is 236 g/mol. The predicted molar refractivity (Wildman–Crippen MR) is 73.2 cm³/mol. The molecule has 0 atom stereocenters. The average Bonchev–Trinajstić information content (AvgIpc) is 3.16. The summed E-state index contributed by atoms with van der Waals surface area (Å²) in [6, 6.07) is 4.02. The maximum absolute atomic E-state index is 4.82. The van der Waals surface area contributed by atoms with E-state index in [2.05, 4.69) is 16.1 Å². The molecule has 2 fully saturated rings. The van der Waals surface area contributed by atoms with Gasteiger partial charge >= 0.3 is 0 Å². The molecule has 1 aliphatic heterocycles. The van der Waals surface area contributed by atoms with Gasteiger partial charge in [0.15, 0.2) is 0 Å². The van der Waals surface area contributed by atoms with E-state index in [0.717, 1.165) is 12.2 Å². The van der Waals surface area contributed by atoms with Crippen LogP contribution >= 0.6 is 0 Å². The molecule has 3 heterocycles. The lowest BCUT2D eigenvalue weighted by Crippen LogP contribution is -2.36. The molecule has 98 valence electrons. The number of hydrogen-bond donors (Lipinski definition) is 0. The van der Waals surface area contributed by atoms with Gasteiger partial charge in [0.25, 0.3) is 0 Å². The van der Waals surface area contributed by atoms with Crippen molar-refractivity contribution in [3.8, 4) is 5.69 Å². The zero-order valence-corrected chi connectivity index (χ0v) is 11.0. The van der Waals surface area contributed by atoms with Crippen LogP contribution in [0.1, 0.15) is 36.4 Å². The maximum atomic E-state index is 4.82. The smallest absolute Gasteiger partial charge is 0.0704 e. The van der Waals surface area contributed by atoms with Gasteiger partial charge < -0.3 is 0 Å². The molecular formula is C15H18N4. The molecule has 0 N–H and O–H groups in total. The van der Waals surface area contributed by atoms with Crippen LogP contribution in [0.4, 0.5) is 0 Å². The maximum Gasteiger partial charge on any atom is 0.0704 e. The van der Waals surface area contributed by atoms with Gasteiger partial charge in [-0.3, -0.25) is 9.88 Å². The Morgan fingerprint density at radius 1 is 1.16 bits per heavy atom. The van der Waals surface area contributed by atoms with E-state index in [-0.39, 0.29) is 0 Å². The third-order valence-corrected chi connectivity index (χ3v) is 4.06. The Kier molecular flexibility index (Phi) is 2.62. The summed E-state index contributed by atoms with van der Waals surface area (Å²) in [7, 11) is 0. The van der Waals surface area contributed by atoms with Crippen LogP contribution in [0.5, 0.6) is 0 Å². The number of nitrogens with zero attached hydrogens (tertiary/aromatic N) is 4. The largest absolute Gasteiger partial charge is 0.299 e. The lowest BCUT2D eigenvalue weighted by atomic mass is 10.1. The van der Waals surface area contributed by atoms with Crippen molar-refractivity contribution in [3.63, 3.8) is 0 Å². The number of pyridine rings is 1. The standard InChI is InChI=1S/C15H18N4/c1-8-18(9-1)10-13-11-19(14-4-6-16-7-5-14)17-15(13)12-2-3-12/h4-7,11-12H,1-3,8-10H2. The number of likely N-dealkylation sites (tertiary alicyclic amines) is 1. The molecule has 4 rings (SSSR count). The van der Waals surface area contributed by atoms with E-state index >= 15 is 0 Å². The van der Waals surface area contributed by atoms with Crippen molar-refractivity contribution in [3.05, 3.63) is 42.0 Å². The molecule has 4 heteroatoms. The second-order valence-electron chi connectivity index (χ2n) is 5.59. The molecule has 0 spiro atoms. The van der Waals surface area contributed by atoms with E-state index < -0.39 is 0 Å². The Bertz CT molecular complexity index is 567. The van der Waals surface area contributed by atoms with Crippen molar-refractivity contribution >= 4 is 0 Å². The molecule has 4 nitrogen and oxygen atoms in total. The van der Waals surface area contributed by atoms with Crippen molar-refractivity contribution in [2.75, 3.05) is 13.1 Å². The van der Waals surface area contributed by atoms with E-state index in [1.54, 1.807) is 0 Å². The highest BCUT2D eigenvalue weighted by Gasteiger charge is 2.30. The van der Waals surface area contributed by atoms with Crippen molar-refractivity contribution in [1.29, 1.82) is 0 Å². The number of hydrogen-bond acceptors (Lipinski definition) is 3. The minimum Gasteiger partial charge on any atom is -0.299 e. The zero-order valence-electron chi connectivity index (χ0n) is 11.0. The van der Waals surface area contributed by atoms with Gasteiger partial charge in [-0.15, -0.1) is 0 Å². The highest BCUT2D eigenvalue weighted by molar-refractivity contribution is 5.33. The molecule has 0 unspecified atom stereocenters. The lowest BCUT2D eigenvalue weighted by molar-refractivity contribution is 0.172. The van der Waals surface area contributed by atoms with Crippen LogP contribution in [0.15, 0.2) is 30.7 Å². The number of aromatic nitrogens is 3. The van der Waals surface area contributed by atoms with Crippen LogP contribution in [0, 0.1) is 0 Å². The molecule has 1 aliphatic carbocycles. The van der Waals surface area contributed by atoms with Crippen molar-refractivity contribution < 1.29 is 0 Å². The van der Waals surface area contributed by atoms with Gasteiger partial charge in [-0.25, -0.2) is 4.68 Å². The van der Waals surface area contributed by atoms with Crippen LogP contribution in [0.2, 0.25) is 0 Å². The van der Waals surface area contributed by atoms with Crippen LogP contribution in [-0.4, -0.2) is 32.8 Å². The lowest BCUT2D eigenvalue weighted by Gasteiger charge is -2.30. The summed E-state index contributed by atoms with van der Waals surface area (Å²) in [5, 5.41) is 4.82. The normalized spacial score (nSPS) is 19.4. The van der Waals surface area contributed by atoms with Crippen LogP contribution in [0.3, 0.4) is 0 Å². The zero-order chi connectivity index (χ0) is 12.7. The fourth-order valence-electron chi connectivity index (χ4n) is 2.66. The van der Waals surface area contributed by atoms with E-state index in [4.69, 9.17) is 5.10 Å². The first-order valence-corrected chi connectivity index (χ1v) is 7.11. The van der Waals surface area contributed by atoms with Gasteiger partial charge in [0.1, 0.15) is 0 Å². The predicted octanol–water partition coefficient (Wildman–Crippen LogP) is 2.35. The summed E-state index contributed by atoms with van der Waals surface area (Å²) in [4.78, 5) is 6.57.